The first-order valence-corrected chi connectivity index (χ1v) is 9.66. The van der Waals surface area contributed by atoms with Crippen molar-refractivity contribution in [2.24, 2.45) is 0 Å². The predicted molar refractivity (Wildman–Crippen MR) is 117 cm³/mol. The van der Waals surface area contributed by atoms with Crippen LogP contribution in [0.1, 0.15) is 17.2 Å². The fraction of sp³-hybridized carbons (Fsp3) is 0.217. The van der Waals surface area contributed by atoms with Crippen molar-refractivity contribution < 1.29 is 19.1 Å². The summed E-state index contributed by atoms with van der Waals surface area (Å²) in [6.45, 7) is 1.79. The maximum absolute atomic E-state index is 13.1. The lowest BCUT2D eigenvalue weighted by Crippen LogP contribution is -2.32. The van der Waals surface area contributed by atoms with E-state index in [1.807, 2.05) is 19.1 Å². The lowest BCUT2D eigenvalue weighted by Gasteiger charge is -2.21. The third-order valence-corrected chi connectivity index (χ3v) is 4.46. The Labute approximate surface area is 180 Å². The Morgan fingerprint density at radius 1 is 1.06 bits per heavy atom. The molecule has 0 spiro atoms. The van der Waals surface area contributed by atoms with E-state index in [4.69, 9.17) is 9.47 Å². The number of aryl methyl sites for hydroxylation is 1. The van der Waals surface area contributed by atoms with Crippen LogP contribution in [0.2, 0.25) is 0 Å². The van der Waals surface area contributed by atoms with E-state index in [1.54, 1.807) is 66.8 Å². The number of carbonyl (C=O) groups excluding carboxylic acids is 2. The van der Waals surface area contributed by atoms with Gasteiger partial charge in [-0.2, -0.15) is 0 Å². The lowest BCUT2D eigenvalue weighted by molar-refractivity contribution is -0.153. The van der Waals surface area contributed by atoms with E-state index >= 15 is 0 Å². The Bertz CT molecular complexity index is 1030. The standard InChI is InChI=1S/C23H24N4O4/c1-16-10-11-19(30-3)18(14-16)26-22(29)21(17-8-5-4-6-9-17)31-20(28)15-27(2)23-24-12-7-13-25-23/h4-14,21H,15H2,1-3H3,(H,26,29). The van der Waals surface area contributed by atoms with Crippen molar-refractivity contribution in [2.75, 3.05) is 30.9 Å². The summed E-state index contributed by atoms with van der Waals surface area (Å²) < 4.78 is 10.9. The number of aromatic nitrogens is 2. The number of amides is 1. The summed E-state index contributed by atoms with van der Waals surface area (Å²) in [5.74, 6) is -0.181. The highest BCUT2D eigenvalue weighted by Gasteiger charge is 2.26. The van der Waals surface area contributed by atoms with Gasteiger partial charge in [-0.15, -0.1) is 0 Å². The molecule has 31 heavy (non-hydrogen) atoms. The van der Waals surface area contributed by atoms with E-state index < -0.39 is 18.0 Å². The molecule has 0 aliphatic heterocycles. The number of likely N-dealkylation sites (N-methyl/N-ethyl adjacent to an activating group) is 1. The van der Waals surface area contributed by atoms with Crippen LogP contribution in [-0.2, 0) is 14.3 Å². The van der Waals surface area contributed by atoms with Crippen LogP contribution in [0.3, 0.4) is 0 Å². The van der Waals surface area contributed by atoms with Crippen LogP contribution in [0.4, 0.5) is 11.6 Å². The molecular formula is C23H24N4O4. The molecule has 1 N–H and O–H groups in total. The van der Waals surface area contributed by atoms with Crippen LogP contribution in [0.25, 0.3) is 0 Å². The number of hydrogen-bond donors (Lipinski definition) is 1. The van der Waals surface area contributed by atoms with E-state index in [2.05, 4.69) is 15.3 Å². The van der Waals surface area contributed by atoms with E-state index in [1.165, 1.54) is 7.11 Å². The van der Waals surface area contributed by atoms with Crippen molar-refractivity contribution >= 4 is 23.5 Å². The SMILES string of the molecule is COc1ccc(C)cc1NC(=O)C(OC(=O)CN(C)c1ncccn1)c1ccccc1. The molecule has 0 aliphatic rings. The number of carbonyl (C=O) groups is 2. The number of nitrogens with zero attached hydrogens (tertiary/aromatic N) is 3. The third-order valence-electron chi connectivity index (χ3n) is 4.46. The summed E-state index contributed by atoms with van der Waals surface area (Å²) in [7, 11) is 3.20. The van der Waals surface area contributed by atoms with E-state index in [-0.39, 0.29) is 6.54 Å². The van der Waals surface area contributed by atoms with Crippen molar-refractivity contribution in [3.63, 3.8) is 0 Å². The minimum absolute atomic E-state index is 0.117. The zero-order chi connectivity index (χ0) is 22.2. The van der Waals surface area contributed by atoms with Crippen molar-refractivity contribution in [3.05, 3.63) is 78.1 Å². The molecule has 3 aromatic rings. The number of ether oxygens (including phenoxy) is 2. The summed E-state index contributed by atoms with van der Waals surface area (Å²) in [5.41, 5.74) is 2.01. The number of nitrogens with one attached hydrogen (secondary N) is 1. The average molecular weight is 420 g/mol. The van der Waals surface area contributed by atoms with Gasteiger partial charge >= 0.3 is 5.97 Å². The molecule has 8 nitrogen and oxygen atoms in total. The smallest absolute Gasteiger partial charge is 0.326 e. The normalized spacial score (nSPS) is 11.3. The van der Waals surface area contributed by atoms with Gasteiger partial charge in [0.25, 0.3) is 5.91 Å². The molecule has 3 rings (SSSR count). The molecule has 160 valence electrons. The number of hydrogen-bond acceptors (Lipinski definition) is 7. The summed E-state index contributed by atoms with van der Waals surface area (Å²) in [6.07, 6.45) is 2.03. The second-order valence-electron chi connectivity index (χ2n) is 6.88. The fourth-order valence-corrected chi connectivity index (χ4v) is 2.94. The maximum atomic E-state index is 13.1. The van der Waals surface area contributed by atoms with Crippen LogP contribution in [0.15, 0.2) is 67.0 Å². The Kier molecular flexibility index (Phi) is 7.16. The molecule has 2 aromatic carbocycles. The molecule has 1 amide bonds. The zero-order valence-corrected chi connectivity index (χ0v) is 17.6. The third kappa shape index (κ3) is 5.79. The molecule has 0 saturated heterocycles. The molecule has 8 heteroatoms. The Morgan fingerprint density at radius 3 is 2.45 bits per heavy atom. The molecule has 0 saturated carbocycles. The van der Waals surface area contributed by atoms with Crippen molar-refractivity contribution in [1.29, 1.82) is 0 Å². The predicted octanol–water partition coefficient (Wildman–Crippen LogP) is 3.15. The molecular weight excluding hydrogens is 396 g/mol. The number of benzene rings is 2. The van der Waals surface area contributed by atoms with Crippen LogP contribution in [-0.4, -0.2) is 42.5 Å². The molecule has 0 aliphatic carbocycles. The van der Waals surface area contributed by atoms with Gasteiger partial charge < -0.3 is 19.7 Å². The summed E-state index contributed by atoms with van der Waals surface area (Å²) in [5, 5.41) is 2.81. The van der Waals surface area contributed by atoms with Crippen LogP contribution < -0.4 is 15.0 Å². The fourth-order valence-electron chi connectivity index (χ4n) is 2.94. The minimum Gasteiger partial charge on any atom is -0.495 e. The van der Waals surface area contributed by atoms with E-state index in [0.717, 1.165) is 5.56 Å². The van der Waals surface area contributed by atoms with Gasteiger partial charge in [0.05, 0.1) is 12.8 Å². The number of methoxy groups -OCH3 is 1. The molecule has 0 radical (unpaired) electrons. The maximum Gasteiger partial charge on any atom is 0.326 e. The van der Waals surface area contributed by atoms with Gasteiger partial charge in [-0.1, -0.05) is 36.4 Å². The number of rotatable bonds is 8. The molecule has 1 aromatic heterocycles. The molecule has 1 unspecified atom stereocenters. The second kappa shape index (κ2) is 10.2. The largest absolute Gasteiger partial charge is 0.495 e. The highest BCUT2D eigenvalue weighted by atomic mass is 16.5. The number of anilines is 2. The van der Waals surface area contributed by atoms with E-state index in [0.29, 0.717) is 22.9 Å². The van der Waals surface area contributed by atoms with Gasteiger partial charge in [-0.05, 0) is 30.7 Å². The summed E-state index contributed by atoms with van der Waals surface area (Å²) in [6, 6.07) is 16.0. The van der Waals surface area contributed by atoms with Crippen molar-refractivity contribution in [1.82, 2.24) is 9.97 Å². The van der Waals surface area contributed by atoms with Gasteiger partial charge in [-0.3, -0.25) is 9.59 Å². The van der Waals surface area contributed by atoms with Gasteiger partial charge in [0.2, 0.25) is 12.1 Å². The highest BCUT2D eigenvalue weighted by Crippen LogP contribution is 2.27. The quantitative estimate of drug-likeness (QED) is 0.560. The van der Waals surface area contributed by atoms with Gasteiger partial charge in [0.15, 0.2) is 0 Å². The van der Waals surface area contributed by atoms with Crippen LogP contribution in [0.5, 0.6) is 5.75 Å². The molecule has 0 bridgehead atoms. The van der Waals surface area contributed by atoms with Crippen molar-refractivity contribution in [3.8, 4) is 5.75 Å². The monoisotopic (exact) mass is 420 g/mol. The minimum atomic E-state index is -1.14. The lowest BCUT2D eigenvalue weighted by atomic mass is 10.1. The first-order chi connectivity index (χ1) is 15.0. The molecule has 1 atom stereocenters. The first-order valence-electron chi connectivity index (χ1n) is 9.66. The molecule has 1 heterocycles. The molecule has 0 fully saturated rings. The highest BCUT2D eigenvalue weighted by molar-refractivity contribution is 5.97. The summed E-state index contributed by atoms with van der Waals surface area (Å²) >= 11 is 0. The van der Waals surface area contributed by atoms with Gasteiger partial charge in [0, 0.05) is 25.0 Å². The van der Waals surface area contributed by atoms with Gasteiger partial charge in [-0.25, -0.2) is 9.97 Å². The van der Waals surface area contributed by atoms with Crippen molar-refractivity contribution in [2.45, 2.75) is 13.0 Å². The first kappa shape index (κ1) is 21.8. The topological polar surface area (TPSA) is 93.6 Å². The van der Waals surface area contributed by atoms with Crippen LogP contribution >= 0.6 is 0 Å². The van der Waals surface area contributed by atoms with E-state index in [9.17, 15) is 9.59 Å². The number of esters is 1. The van der Waals surface area contributed by atoms with Crippen LogP contribution in [0, 0.1) is 6.92 Å². The second-order valence-corrected chi connectivity index (χ2v) is 6.88. The zero-order valence-electron chi connectivity index (χ0n) is 17.6. The summed E-state index contributed by atoms with van der Waals surface area (Å²) in [4.78, 5) is 35.5. The Hall–Kier alpha value is -3.94. The van der Waals surface area contributed by atoms with Gasteiger partial charge in [0.1, 0.15) is 12.3 Å². The Balaban J connectivity index is 1.78. The Morgan fingerprint density at radius 2 is 1.77 bits per heavy atom. The average Bonchev–Trinajstić information content (AvgIpc) is 2.78.